The summed E-state index contributed by atoms with van der Waals surface area (Å²) in [4.78, 5) is 11.8. The van der Waals surface area contributed by atoms with Crippen LogP contribution in [-0.4, -0.2) is 4.92 Å². The lowest BCUT2D eigenvalue weighted by molar-refractivity contribution is -0.577. The van der Waals surface area contributed by atoms with E-state index in [0.29, 0.717) is 17.5 Å². The molecule has 0 saturated carbocycles. The smallest absolute Gasteiger partial charge is 0.263 e. The number of fused-ring (bicyclic) bond motifs is 1. The van der Waals surface area contributed by atoms with E-state index < -0.39 is 11.5 Å². The van der Waals surface area contributed by atoms with Crippen LogP contribution in [0.4, 0.5) is 0 Å². The Morgan fingerprint density at radius 3 is 2.10 bits per heavy atom. The fraction of sp³-hybridized carbons (Fsp3) is 0.235. The third-order valence-electron chi connectivity index (χ3n) is 4.91. The van der Waals surface area contributed by atoms with E-state index >= 15 is 0 Å². The minimum Gasteiger partial charge on any atom is -0.263 e. The third-order valence-corrected chi connectivity index (χ3v) is 4.91. The molecule has 102 valence electrons. The fourth-order valence-electron chi connectivity index (χ4n) is 4.11. The lowest BCUT2D eigenvalue weighted by Gasteiger charge is -2.45. The molecule has 3 aliphatic rings. The highest BCUT2D eigenvalue weighted by Gasteiger charge is 2.63. The van der Waals surface area contributed by atoms with E-state index in [0.717, 1.165) is 11.1 Å². The molecule has 2 aromatic carbocycles. The standard InChI is InChI=1S/C17H12N2O2/c18-10-11-9-14-12-5-1-3-7-15(12)17(11,19(20)21)16-8-4-2-6-13(14)16/h1-8,11,14H,9H2. The van der Waals surface area contributed by atoms with Crippen molar-refractivity contribution in [3.8, 4) is 6.07 Å². The number of nitro groups is 1. The molecule has 0 saturated heterocycles. The first-order valence-electron chi connectivity index (χ1n) is 6.94. The molecule has 0 aromatic heterocycles. The van der Waals surface area contributed by atoms with Crippen molar-refractivity contribution in [3.63, 3.8) is 0 Å². The van der Waals surface area contributed by atoms with Crippen molar-refractivity contribution in [1.82, 2.24) is 0 Å². The minimum absolute atomic E-state index is 0.0869. The fourth-order valence-corrected chi connectivity index (χ4v) is 4.11. The highest BCUT2D eigenvalue weighted by atomic mass is 16.6. The number of hydrogen-bond acceptors (Lipinski definition) is 3. The molecule has 2 aromatic rings. The van der Waals surface area contributed by atoms with Gasteiger partial charge >= 0.3 is 0 Å². The third kappa shape index (κ3) is 1.24. The van der Waals surface area contributed by atoms with Gasteiger partial charge in [-0.05, 0) is 17.5 Å². The van der Waals surface area contributed by atoms with Gasteiger partial charge in [0.05, 0.1) is 6.07 Å². The summed E-state index contributed by atoms with van der Waals surface area (Å²) in [5.41, 5.74) is 1.96. The SMILES string of the molecule is N#CC1CC2c3ccccc3C1([N+](=O)[O-])c1ccccc12. The monoisotopic (exact) mass is 276 g/mol. The van der Waals surface area contributed by atoms with Crippen molar-refractivity contribution >= 4 is 0 Å². The maximum absolute atomic E-state index is 12.1. The van der Waals surface area contributed by atoms with Crippen LogP contribution in [0, 0.1) is 27.4 Å². The molecule has 0 fully saturated rings. The maximum atomic E-state index is 12.1. The van der Waals surface area contributed by atoms with Crippen LogP contribution in [0.1, 0.15) is 34.6 Å². The molecule has 1 unspecified atom stereocenters. The number of benzene rings is 2. The van der Waals surface area contributed by atoms with Gasteiger partial charge in [-0.15, -0.1) is 0 Å². The van der Waals surface area contributed by atoms with Crippen molar-refractivity contribution in [2.75, 3.05) is 0 Å². The molecule has 0 amide bonds. The van der Waals surface area contributed by atoms with Crippen LogP contribution in [0.5, 0.6) is 0 Å². The van der Waals surface area contributed by atoms with Crippen LogP contribution in [0.25, 0.3) is 0 Å². The number of hydrogen-bond donors (Lipinski definition) is 0. The maximum Gasteiger partial charge on any atom is 0.288 e. The first-order valence-corrected chi connectivity index (χ1v) is 6.94. The van der Waals surface area contributed by atoms with E-state index in [-0.39, 0.29) is 10.8 Å². The van der Waals surface area contributed by atoms with E-state index in [9.17, 15) is 15.4 Å². The summed E-state index contributed by atoms with van der Waals surface area (Å²) in [6.45, 7) is 0. The highest BCUT2D eigenvalue weighted by molar-refractivity contribution is 5.58. The van der Waals surface area contributed by atoms with Crippen molar-refractivity contribution < 1.29 is 4.92 Å². The second kappa shape index (κ2) is 3.92. The Hall–Kier alpha value is -2.67. The first kappa shape index (κ1) is 12.1. The predicted molar refractivity (Wildman–Crippen MR) is 76.2 cm³/mol. The first-order chi connectivity index (χ1) is 10.2. The average Bonchev–Trinajstić information content (AvgIpc) is 2.54. The number of nitrogens with zero attached hydrogens (tertiary/aromatic N) is 2. The van der Waals surface area contributed by atoms with Crippen LogP contribution in [-0.2, 0) is 5.54 Å². The number of rotatable bonds is 1. The number of nitriles is 1. The zero-order valence-corrected chi connectivity index (χ0v) is 11.2. The molecular formula is C17H12N2O2. The Balaban J connectivity index is 2.17. The minimum atomic E-state index is -1.42. The molecule has 3 aliphatic carbocycles. The van der Waals surface area contributed by atoms with E-state index in [4.69, 9.17) is 0 Å². The molecule has 0 N–H and O–H groups in total. The molecule has 21 heavy (non-hydrogen) atoms. The van der Waals surface area contributed by atoms with E-state index in [2.05, 4.69) is 6.07 Å². The molecule has 0 radical (unpaired) electrons. The summed E-state index contributed by atoms with van der Waals surface area (Å²) in [6, 6.07) is 17.2. The molecule has 2 bridgehead atoms. The molecule has 0 aliphatic heterocycles. The summed E-state index contributed by atoms with van der Waals surface area (Å²) < 4.78 is 0. The normalized spacial score (nSPS) is 28.3. The van der Waals surface area contributed by atoms with Crippen LogP contribution >= 0.6 is 0 Å². The summed E-state index contributed by atoms with van der Waals surface area (Å²) in [5.74, 6) is -0.536. The van der Waals surface area contributed by atoms with Gasteiger partial charge in [0.1, 0.15) is 5.92 Å². The molecule has 0 heterocycles. The van der Waals surface area contributed by atoms with Gasteiger partial charge in [0.25, 0.3) is 5.54 Å². The van der Waals surface area contributed by atoms with Gasteiger partial charge in [-0.1, -0.05) is 48.5 Å². The molecule has 5 rings (SSSR count). The van der Waals surface area contributed by atoms with Gasteiger partial charge in [-0.3, -0.25) is 10.1 Å². The van der Waals surface area contributed by atoms with Crippen molar-refractivity contribution in [2.45, 2.75) is 17.9 Å². The lowest BCUT2D eigenvalue weighted by atomic mass is 9.55. The van der Waals surface area contributed by atoms with E-state index in [1.165, 1.54) is 0 Å². The van der Waals surface area contributed by atoms with Crippen molar-refractivity contribution in [3.05, 3.63) is 80.9 Å². The van der Waals surface area contributed by atoms with Gasteiger partial charge in [-0.2, -0.15) is 5.26 Å². The Kier molecular flexibility index (Phi) is 2.26. The summed E-state index contributed by atoms with van der Waals surface area (Å²) in [6.07, 6.45) is 0.519. The Morgan fingerprint density at radius 2 is 1.62 bits per heavy atom. The Bertz CT molecular complexity index is 759. The molecule has 0 spiro atoms. The van der Waals surface area contributed by atoms with E-state index in [1.54, 1.807) is 0 Å². The molecule has 1 atom stereocenters. The van der Waals surface area contributed by atoms with Crippen molar-refractivity contribution in [1.29, 1.82) is 5.26 Å². The zero-order valence-electron chi connectivity index (χ0n) is 11.2. The Labute approximate surface area is 121 Å². The average molecular weight is 276 g/mol. The summed E-state index contributed by atoms with van der Waals surface area (Å²) >= 11 is 0. The van der Waals surface area contributed by atoms with E-state index in [1.807, 2.05) is 48.5 Å². The van der Waals surface area contributed by atoms with Gasteiger partial charge in [0, 0.05) is 22.0 Å². The second-order valence-corrected chi connectivity index (χ2v) is 5.67. The van der Waals surface area contributed by atoms with Crippen LogP contribution in [0.2, 0.25) is 0 Å². The van der Waals surface area contributed by atoms with Gasteiger partial charge < -0.3 is 0 Å². The predicted octanol–water partition coefficient (Wildman–Crippen LogP) is 3.20. The van der Waals surface area contributed by atoms with Crippen LogP contribution < -0.4 is 0 Å². The summed E-state index contributed by atoms with van der Waals surface area (Å²) in [7, 11) is 0. The highest BCUT2D eigenvalue weighted by Crippen LogP contribution is 2.58. The van der Waals surface area contributed by atoms with Crippen LogP contribution in [0.3, 0.4) is 0 Å². The second-order valence-electron chi connectivity index (χ2n) is 5.67. The topological polar surface area (TPSA) is 66.9 Å². The molecule has 4 heteroatoms. The molecule has 4 nitrogen and oxygen atoms in total. The van der Waals surface area contributed by atoms with Gasteiger partial charge in [0.2, 0.25) is 0 Å². The van der Waals surface area contributed by atoms with Gasteiger partial charge in [0.15, 0.2) is 0 Å². The lowest BCUT2D eigenvalue weighted by Crippen LogP contribution is -2.51. The quantitative estimate of drug-likeness (QED) is 0.593. The van der Waals surface area contributed by atoms with Crippen molar-refractivity contribution in [2.24, 2.45) is 5.92 Å². The zero-order chi connectivity index (χ0) is 14.6. The molecular weight excluding hydrogens is 264 g/mol. The van der Waals surface area contributed by atoms with Gasteiger partial charge in [-0.25, -0.2) is 0 Å². The Morgan fingerprint density at radius 1 is 1.10 bits per heavy atom. The largest absolute Gasteiger partial charge is 0.288 e. The van der Waals surface area contributed by atoms with Crippen LogP contribution in [0.15, 0.2) is 48.5 Å². The summed E-state index contributed by atoms with van der Waals surface area (Å²) in [5, 5.41) is 21.6.